The van der Waals surface area contributed by atoms with Crippen molar-refractivity contribution in [2.45, 2.75) is 43.2 Å². The Hall–Kier alpha value is -7.55. The fraction of sp³-hybridized carbons (Fsp3) is 0.0513. The molecule has 0 aliphatic rings. The molecule has 29 nitrogen and oxygen atoms in total. The number of rotatable bonds is 14. The van der Waals surface area contributed by atoms with Crippen molar-refractivity contribution in [3.05, 3.63) is 96.1 Å². The van der Waals surface area contributed by atoms with Gasteiger partial charge in [-0.05, 0) is 72.8 Å². The van der Waals surface area contributed by atoms with Gasteiger partial charge in [-0.1, -0.05) is 12.1 Å². The maximum Gasteiger partial charge on any atom is 0.323 e. The highest BCUT2D eigenvalue weighted by atomic mass is 32.2. The molecule has 0 fully saturated rings. The Labute approximate surface area is 416 Å². The zero-order chi connectivity index (χ0) is 55.4. The zero-order valence-electron chi connectivity index (χ0n) is 36.7. The van der Waals surface area contributed by atoms with E-state index in [4.69, 9.17) is 0 Å². The number of carbonyl (C=O) groups excluding carboxylic acids is 5. The van der Waals surface area contributed by atoms with E-state index in [9.17, 15) is 102 Å². The van der Waals surface area contributed by atoms with Gasteiger partial charge in [-0.15, -0.1) is 0 Å². The van der Waals surface area contributed by atoms with Crippen LogP contribution in [0.4, 0.5) is 38.9 Å². The molecule has 35 heteroatoms. The first-order chi connectivity index (χ1) is 33.8. The van der Waals surface area contributed by atoms with Crippen LogP contribution in [0.1, 0.15) is 34.6 Å². The molecule has 0 heterocycles. The highest BCUT2D eigenvalue weighted by molar-refractivity contribution is 7.87. The van der Waals surface area contributed by atoms with E-state index in [-0.39, 0.29) is 11.4 Å². The van der Waals surface area contributed by atoms with E-state index >= 15 is 0 Å². The van der Waals surface area contributed by atoms with Crippen LogP contribution < -0.4 is 31.9 Å². The normalized spacial score (nSPS) is 12.4. The summed E-state index contributed by atoms with van der Waals surface area (Å²) < 4.78 is 207. The predicted octanol–water partition coefficient (Wildman–Crippen LogP) is 3.54. The maximum atomic E-state index is 13.7. The first kappa shape index (κ1) is 55.8. The van der Waals surface area contributed by atoms with E-state index in [1.165, 1.54) is 0 Å². The van der Waals surface area contributed by atoms with E-state index in [1.54, 1.807) is 0 Å². The van der Waals surface area contributed by atoms with E-state index < -0.39 is 175 Å². The lowest BCUT2D eigenvalue weighted by atomic mass is 10.1. The Morgan fingerprint density at radius 1 is 0.338 bits per heavy atom. The van der Waals surface area contributed by atoms with Crippen LogP contribution in [0.3, 0.4) is 0 Å². The van der Waals surface area contributed by atoms with Gasteiger partial charge in [0.15, 0.2) is 0 Å². The van der Waals surface area contributed by atoms with E-state index in [2.05, 4.69) is 21.3 Å². The molecule has 0 spiro atoms. The van der Waals surface area contributed by atoms with Crippen molar-refractivity contribution in [1.29, 1.82) is 0 Å². The van der Waals surface area contributed by atoms with Gasteiger partial charge in [0.25, 0.3) is 72.5 Å². The van der Waals surface area contributed by atoms with Crippen molar-refractivity contribution in [2.24, 2.45) is 0 Å². The fourth-order valence-corrected chi connectivity index (χ4v) is 11.0. The second-order valence-electron chi connectivity index (χ2n) is 15.1. The largest absolute Gasteiger partial charge is 0.325 e. The Morgan fingerprint density at radius 3 is 0.932 bits per heavy atom. The van der Waals surface area contributed by atoms with Crippen LogP contribution in [-0.2, 0) is 70.3 Å². The number of hydrogen-bond acceptors (Lipinski definition) is 17. The van der Waals surface area contributed by atoms with Gasteiger partial charge in [0.1, 0.15) is 19.6 Å². The minimum Gasteiger partial charge on any atom is -0.325 e. The van der Waals surface area contributed by atoms with Gasteiger partial charge in [0.05, 0.1) is 43.9 Å². The van der Waals surface area contributed by atoms with Gasteiger partial charge in [-0.3, -0.25) is 46.5 Å². The summed E-state index contributed by atoms with van der Waals surface area (Å²) in [4.78, 5) is 58.0. The van der Waals surface area contributed by atoms with Crippen LogP contribution in [0.15, 0.2) is 114 Å². The van der Waals surface area contributed by atoms with Gasteiger partial charge < -0.3 is 31.9 Å². The second kappa shape index (κ2) is 19.7. The molecule has 6 rings (SSSR count). The van der Waals surface area contributed by atoms with Crippen LogP contribution in [0.2, 0.25) is 0 Å². The SMILES string of the molecule is CC(=O)Nc1ccc2c(S(=O)(=O)O)cc(S(=O)(=O)O)cc2c1NC(=O)c1ccc(NC(=O)Nc2ccc(C(=O)Nc3c(NC(C)=O)ccc4c(S(=O)(=O)O)cc(S(=O)(=O)O)cc34)cc2S(=O)(=O)O)c(S(=O)(=O)O)c1. The zero-order valence-corrected chi connectivity index (χ0v) is 41.6. The van der Waals surface area contributed by atoms with Crippen LogP contribution in [-0.4, -0.2) is 107 Å². The molecule has 0 unspecified atom stereocenters. The summed E-state index contributed by atoms with van der Waals surface area (Å²) in [6.45, 7) is 1.99. The molecule has 6 aromatic carbocycles. The van der Waals surface area contributed by atoms with Gasteiger partial charge in [-0.2, -0.15) is 50.5 Å². The second-order valence-corrected chi connectivity index (χ2v) is 23.5. The third-order valence-electron chi connectivity index (χ3n) is 9.93. The fourth-order valence-electron chi connectivity index (χ4n) is 6.94. The number of amides is 6. The standard InChI is InChI=1S/C39H32N6O23S6/c1-17(46)40-29-9-5-23-25(13-21(69(51,52)53)15-31(23)71(57,58)59)35(29)44-37(48)19-3-7-27(33(11-19)73(63,64)65)42-39(50)43-28-8-4-20(12-34(28)74(66,67)68)38(49)45-36-26-14-22(70(54,55)56)16-32(72(60,61)62)24(26)6-10-30(36)41-18(2)47/h3-16H,1-2H3,(H,40,46)(H,41,47)(H,44,48)(H,45,49)(H2,42,43,50)(H,51,52,53)(H,54,55,56)(H,57,58,59)(H,60,61,62)(H,63,64,65)(H,66,67,68). The highest BCUT2D eigenvalue weighted by Crippen LogP contribution is 2.40. The van der Waals surface area contributed by atoms with Crippen molar-refractivity contribution >= 4 is 146 Å². The molecule has 0 bridgehead atoms. The Morgan fingerprint density at radius 2 is 0.649 bits per heavy atom. The molecule has 74 heavy (non-hydrogen) atoms. The van der Waals surface area contributed by atoms with E-state index in [0.29, 0.717) is 48.5 Å². The summed E-state index contributed by atoms with van der Waals surface area (Å²) in [6, 6.07) is 8.53. The quantitative estimate of drug-likeness (QED) is 0.0694. The topological polar surface area (TPSA) is 484 Å². The van der Waals surface area contributed by atoms with Crippen LogP contribution >= 0.6 is 0 Å². The maximum absolute atomic E-state index is 13.7. The number of urea groups is 1. The van der Waals surface area contributed by atoms with Crippen molar-refractivity contribution in [3.8, 4) is 0 Å². The van der Waals surface area contributed by atoms with Crippen molar-refractivity contribution in [1.82, 2.24) is 0 Å². The molecule has 6 aromatic rings. The third-order valence-corrected chi connectivity index (χ3v) is 15.2. The molecule has 12 N–H and O–H groups in total. The molecule has 392 valence electrons. The summed E-state index contributed by atoms with van der Waals surface area (Å²) in [5, 5.41) is 10.9. The lowest BCUT2D eigenvalue weighted by Crippen LogP contribution is -2.23. The van der Waals surface area contributed by atoms with Gasteiger partial charge >= 0.3 is 6.03 Å². The predicted molar refractivity (Wildman–Crippen MR) is 257 cm³/mol. The number of hydrogen-bond donors (Lipinski definition) is 12. The number of nitrogens with one attached hydrogen (secondary N) is 6. The number of fused-ring (bicyclic) bond motifs is 2. The molecular formula is C39H32N6O23S6. The average molecular weight is 1150 g/mol. The molecule has 0 atom stereocenters. The van der Waals surface area contributed by atoms with Gasteiger partial charge in [0.2, 0.25) is 11.8 Å². The van der Waals surface area contributed by atoms with Crippen LogP contribution in [0.25, 0.3) is 21.5 Å². The molecule has 0 radical (unpaired) electrons. The minimum absolute atomic E-state index is 0.343. The van der Waals surface area contributed by atoms with E-state index in [0.717, 1.165) is 50.2 Å². The number of carbonyl (C=O) groups is 5. The smallest absolute Gasteiger partial charge is 0.323 e. The number of anilines is 6. The van der Waals surface area contributed by atoms with Crippen molar-refractivity contribution < 1.29 is 102 Å². The molecule has 0 saturated carbocycles. The molecule has 0 aromatic heterocycles. The van der Waals surface area contributed by atoms with Gasteiger partial charge in [0, 0.05) is 46.5 Å². The Balaban J connectivity index is 1.35. The summed E-state index contributed by atoms with van der Waals surface area (Å²) >= 11 is 0. The lowest BCUT2D eigenvalue weighted by molar-refractivity contribution is -0.115. The third kappa shape index (κ3) is 12.4. The highest BCUT2D eigenvalue weighted by Gasteiger charge is 2.28. The molecule has 0 aliphatic carbocycles. The minimum atomic E-state index is -5.46. The first-order valence-electron chi connectivity index (χ1n) is 19.4. The van der Waals surface area contributed by atoms with Gasteiger partial charge in [-0.25, -0.2) is 4.79 Å². The first-order valence-corrected chi connectivity index (χ1v) is 28.1. The van der Waals surface area contributed by atoms with Crippen LogP contribution in [0.5, 0.6) is 0 Å². The van der Waals surface area contributed by atoms with E-state index in [1.807, 2.05) is 10.6 Å². The molecular weight excluding hydrogens is 1110 g/mol. The lowest BCUT2D eigenvalue weighted by Gasteiger charge is -2.18. The monoisotopic (exact) mass is 1140 g/mol. The summed E-state index contributed by atoms with van der Waals surface area (Å²) in [5.74, 6) is -4.28. The Bertz CT molecular complexity index is 3940. The van der Waals surface area contributed by atoms with Crippen molar-refractivity contribution in [2.75, 3.05) is 31.9 Å². The Kier molecular flexibility index (Phi) is 14.9. The average Bonchev–Trinajstić information content (AvgIpc) is 3.24. The van der Waals surface area contributed by atoms with Crippen molar-refractivity contribution in [3.63, 3.8) is 0 Å². The summed E-state index contributed by atoms with van der Waals surface area (Å²) in [7, 11) is -31.9. The summed E-state index contributed by atoms with van der Waals surface area (Å²) in [6.07, 6.45) is 0. The number of benzene rings is 6. The molecule has 6 amide bonds. The van der Waals surface area contributed by atoms with Crippen LogP contribution in [0, 0.1) is 0 Å². The summed E-state index contributed by atoms with van der Waals surface area (Å²) in [5.41, 5.74) is -4.90. The molecule has 0 aliphatic heterocycles. The molecule has 0 saturated heterocycles.